The van der Waals surface area contributed by atoms with Crippen molar-refractivity contribution in [2.75, 3.05) is 13.7 Å². The minimum Gasteiger partial charge on any atom is -0.493 e. The average Bonchev–Trinajstić information content (AvgIpc) is 3.19. The van der Waals surface area contributed by atoms with E-state index in [4.69, 9.17) is 9.47 Å². The molecule has 0 aliphatic heterocycles. The number of halogens is 1. The van der Waals surface area contributed by atoms with Gasteiger partial charge in [0.1, 0.15) is 5.82 Å². The molecule has 1 N–H and O–H groups in total. The topological polar surface area (TPSA) is 73.3 Å². The van der Waals surface area contributed by atoms with Gasteiger partial charge in [0.2, 0.25) is 0 Å². The zero-order chi connectivity index (χ0) is 21.3. The van der Waals surface area contributed by atoms with Crippen LogP contribution in [0.1, 0.15) is 47.9 Å². The van der Waals surface area contributed by atoms with Crippen LogP contribution >= 0.6 is 11.5 Å². The first-order valence-corrected chi connectivity index (χ1v) is 10.6. The highest BCUT2D eigenvalue weighted by atomic mass is 32.1. The third kappa shape index (κ3) is 6.00. The predicted octanol–water partition coefficient (Wildman–Crippen LogP) is 4.99. The van der Waals surface area contributed by atoms with Crippen molar-refractivity contribution in [3.8, 4) is 16.7 Å². The number of carbonyl (C=O) groups excluding carboxylic acids is 1. The predicted molar refractivity (Wildman–Crippen MR) is 114 cm³/mol. The Balaban J connectivity index is 1.64. The van der Waals surface area contributed by atoms with Gasteiger partial charge in [-0.3, -0.25) is 4.79 Å². The van der Waals surface area contributed by atoms with Crippen molar-refractivity contribution in [2.45, 2.75) is 32.6 Å². The number of carbonyl (C=O) groups is 1. The quantitative estimate of drug-likeness (QED) is 0.460. The minimum atomic E-state index is -0.279. The fourth-order valence-electron chi connectivity index (χ4n) is 2.80. The first-order chi connectivity index (χ1) is 14.6. The van der Waals surface area contributed by atoms with Gasteiger partial charge in [0, 0.05) is 30.1 Å². The summed E-state index contributed by atoms with van der Waals surface area (Å²) in [6, 6.07) is 11.2. The Hall–Kier alpha value is -3.00. The van der Waals surface area contributed by atoms with E-state index in [0.717, 1.165) is 36.4 Å². The number of benzene rings is 2. The molecular weight excluding hydrogens is 405 g/mol. The molecule has 3 aromatic rings. The maximum absolute atomic E-state index is 13.0. The molecule has 0 aliphatic carbocycles. The summed E-state index contributed by atoms with van der Waals surface area (Å²) in [5, 5.41) is 3.27. The third-order valence-electron chi connectivity index (χ3n) is 4.41. The maximum atomic E-state index is 13.0. The van der Waals surface area contributed by atoms with Crippen LogP contribution in [0.15, 0.2) is 42.5 Å². The highest BCUT2D eigenvalue weighted by Crippen LogP contribution is 2.33. The third-order valence-corrected chi connectivity index (χ3v) is 5.05. The molecule has 158 valence electrons. The minimum absolute atomic E-state index is 0.145. The summed E-state index contributed by atoms with van der Waals surface area (Å²) in [5.41, 5.74) is 1.41. The van der Waals surface area contributed by atoms with Crippen LogP contribution in [-0.2, 0) is 6.42 Å². The van der Waals surface area contributed by atoms with Gasteiger partial charge < -0.3 is 14.8 Å². The highest BCUT2D eigenvalue weighted by Gasteiger charge is 2.14. The van der Waals surface area contributed by atoms with E-state index in [-0.39, 0.29) is 11.7 Å². The van der Waals surface area contributed by atoms with E-state index in [2.05, 4.69) is 21.6 Å². The van der Waals surface area contributed by atoms with Gasteiger partial charge in [-0.1, -0.05) is 31.9 Å². The Morgan fingerprint density at radius 3 is 2.67 bits per heavy atom. The lowest BCUT2D eigenvalue weighted by atomic mass is 10.1. The van der Waals surface area contributed by atoms with Gasteiger partial charge in [0.25, 0.3) is 11.1 Å². The van der Waals surface area contributed by atoms with Gasteiger partial charge >= 0.3 is 0 Å². The Kier molecular flexibility index (Phi) is 7.73. The molecule has 0 bridgehead atoms. The van der Waals surface area contributed by atoms with Crippen molar-refractivity contribution in [3.05, 3.63) is 65.2 Å². The zero-order valence-electron chi connectivity index (χ0n) is 17.0. The van der Waals surface area contributed by atoms with Crippen molar-refractivity contribution in [1.29, 1.82) is 0 Å². The number of hydrogen-bond acceptors (Lipinski definition) is 6. The number of methoxy groups -OCH3 is 1. The molecule has 0 fully saturated rings. The fraction of sp³-hybridized carbons (Fsp3) is 0.318. The average molecular weight is 430 g/mol. The van der Waals surface area contributed by atoms with Gasteiger partial charge in [-0.15, -0.1) is 0 Å². The molecule has 0 radical (unpaired) electrons. The van der Waals surface area contributed by atoms with Gasteiger partial charge in [0.05, 0.1) is 7.11 Å². The molecule has 1 heterocycles. The van der Waals surface area contributed by atoms with E-state index in [9.17, 15) is 9.18 Å². The molecule has 0 spiro atoms. The molecule has 30 heavy (non-hydrogen) atoms. The van der Waals surface area contributed by atoms with Crippen molar-refractivity contribution < 1.29 is 18.7 Å². The van der Waals surface area contributed by atoms with Crippen LogP contribution in [0.4, 0.5) is 4.39 Å². The van der Waals surface area contributed by atoms with E-state index in [1.165, 1.54) is 19.2 Å². The van der Waals surface area contributed by atoms with Gasteiger partial charge in [-0.2, -0.15) is 9.36 Å². The van der Waals surface area contributed by atoms with Gasteiger partial charge in [-0.25, -0.2) is 4.39 Å². The smallest absolute Gasteiger partial charge is 0.298 e. The molecule has 0 unspecified atom stereocenters. The number of nitrogens with zero attached hydrogens (tertiary/aromatic N) is 2. The summed E-state index contributed by atoms with van der Waals surface area (Å²) in [6.07, 6.45) is 3.63. The van der Waals surface area contributed by atoms with Crippen LogP contribution in [0.25, 0.3) is 0 Å². The van der Waals surface area contributed by atoms with Crippen LogP contribution in [0, 0.1) is 5.82 Å². The summed E-state index contributed by atoms with van der Waals surface area (Å²) in [5.74, 6) is 1.05. The van der Waals surface area contributed by atoms with Crippen LogP contribution in [-0.4, -0.2) is 28.9 Å². The van der Waals surface area contributed by atoms with Crippen molar-refractivity contribution in [1.82, 2.24) is 14.7 Å². The Bertz CT molecular complexity index is 976. The number of rotatable bonds is 10. The van der Waals surface area contributed by atoms with E-state index in [0.29, 0.717) is 41.0 Å². The standard InChI is InChI=1S/C22H24FN3O3S/c1-3-4-5-12-24-21(27)16-8-11-18(19(14-16)28-2)29-22-25-20(26-30-22)13-15-6-9-17(23)10-7-15/h6-11,14H,3-5,12-13H2,1-2H3,(H,24,27). The number of hydrogen-bond donors (Lipinski definition) is 1. The first kappa shape index (κ1) is 21.7. The second-order valence-corrected chi connectivity index (χ2v) is 7.42. The van der Waals surface area contributed by atoms with Crippen LogP contribution < -0.4 is 14.8 Å². The van der Waals surface area contributed by atoms with Crippen LogP contribution in [0.3, 0.4) is 0 Å². The number of nitrogens with one attached hydrogen (secondary N) is 1. The van der Waals surface area contributed by atoms with Crippen molar-refractivity contribution >= 4 is 17.4 Å². The lowest BCUT2D eigenvalue weighted by Crippen LogP contribution is -2.24. The highest BCUT2D eigenvalue weighted by molar-refractivity contribution is 7.07. The molecule has 1 aromatic heterocycles. The van der Waals surface area contributed by atoms with Crippen molar-refractivity contribution in [2.24, 2.45) is 0 Å². The molecule has 8 heteroatoms. The second-order valence-electron chi connectivity index (χ2n) is 6.71. The number of unbranched alkanes of at least 4 members (excludes halogenated alkanes) is 2. The monoisotopic (exact) mass is 429 g/mol. The van der Waals surface area contributed by atoms with E-state index >= 15 is 0 Å². The molecule has 2 aromatic carbocycles. The Morgan fingerprint density at radius 2 is 1.93 bits per heavy atom. The number of ether oxygens (including phenoxy) is 2. The first-order valence-electron chi connectivity index (χ1n) is 9.80. The summed E-state index contributed by atoms with van der Waals surface area (Å²) in [7, 11) is 1.52. The molecule has 0 atom stereocenters. The lowest BCUT2D eigenvalue weighted by molar-refractivity contribution is 0.0952. The SMILES string of the molecule is CCCCCNC(=O)c1ccc(Oc2nc(Cc3ccc(F)cc3)ns2)c(OC)c1. The van der Waals surface area contributed by atoms with Gasteiger partial charge in [-0.05, 0) is 42.3 Å². The number of aromatic nitrogens is 2. The molecule has 6 nitrogen and oxygen atoms in total. The van der Waals surface area contributed by atoms with E-state index in [1.807, 2.05) is 0 Å². The van der Waals surface area contributed by atoms with E-state index in [1.54, 1.807) is 30.3 Å². The largest absolute Gasteiger partial charge is 0.493 e. The zero-order valence-corrected chi connectivity index (χ0v) is 17.8. The summed E-state index contributed by atoms with van der Waals surface area (Å²) in [4.78, 5) is 16.7. The number of amides is 1. The molecule has 0 saturated carbocycles. The second kappa shape index (κ2) is 10.7. The van der Waals surface area contributed by atoms with Crippen LogP contribution in [0.2, 0.25) is 0 Å². The molecule has 0 saturated heterocycles. The maximum Gasteiger partial charge on any atom is 0.298 e. The van der Waals surface area contributed by atoms with Gasteiger partial charge in [0.15, 0.2) is 17.3 Å². The Morgan fingerprint density at radius 1 is 1.13 bits per heavy atom. The van der Waals surface area contributed by atoms with E-state index < -0.39 is 0 Å². The fourth-order valence-corrected chi connectivity index (χ4v) is 3.36. The van der Waals surface area contributed by atoms with Crippen molar-refractivity contribution in [3.63, 3.8) is 0 Å². The molecule has 1 amide bonds. The summed E-state index contributed by atoms with van der Waals surface area (Å²) in [6.45, 7) is 2.77. The molecular formula is C22H24FN3O3S. The molecule has 3 rings (SSSR count). The lowest BCUT2D eigenvalue weighted by Gasteiger charge is -2.10. The van der Waals surface area contributed by atoms with Crippen LogP contribution in [0.5, 0.6) is 16.7 Å². The normalized spacial score (nSPS) is 10.6. The molecule has 0 aliphatic rings. The Labute approximate surface area is 179 Å². The summed E-state index contributed by atoms with van der Waals surface area (Å²) >= 11 is 1.12. The summed E-state index contributed by atoms with van der Waals surface area (Å²) < 4.78 is 28.5.